The van der Waals surface area contributed by atoms with Crippen LogP contribution in [0.3, 0.4) is 0 Å². The van der Waals surface area contributed by atoms with E-state index in [1.807, 2.05) is 5.51 Å². The monoisotopic (exact) mass is 198 g/mol. The Kier molecular flexibility index (Phi) is 3.88. The van der Waals surface area contributed by atoms with Crippen LogP contribution in [0.2, 0.25) is 0 Å². The second kappa shape index (κ2) is 4.72. The summed E-state index contributed by atoms with van der Waals surface area (Å²) in [6, 6.07) is 0.321. The lowest BCUT2D eigenvalue weighted by Crippen LogP contribution is -2.26. The molecule has 3 heteroatoms. The zero-order valence-corrected chi connectivity index (χ0v) is 9.40. The van der Waals surface area contributed by atoms with Crippen molar-refractivity contribution in [1.82, 2.24) is 4.98 Å². The van der Waals surface area contributed by atoms with Gasteiger partial charge in [-0.25, -0.2) is 4.98 Å². The summed E-state index contributed by atoms with van der Waals surface area (Å²) in [5.41, 5.74) is 9.04. The minimum atomic E-state index is 0.321. The van der Waals surface area contributed by atoms with Crippen molar-refractivity contribution in [2.45, 2.75) is 39.7 Å². The first kappa shape index (κ1) is 10.7. The van der Waals surface area contributed by atoms with Gasteiger partial charge in [0.15, 0.2) is 0 Å². The average molecular weight is 198 g/mol. The third-order valence-electron chi connectivity index (χ3n) is 2.41. The van der Waals surface area contributed by atoms with Crippen molar-refractivity contribution in [2.24, 2.45) is 11.7 Å². The highest BCUT2D eigenvalue weighted by Crippen LogP contribution is 2.16. The van der Waals surface area contributed by atoms with Crippen molar-refractivity contribution in [1.29, 1.82) is 0 Å². The fourth-order valence-electron chi connectivity index (χ4n) is 1.20. The van der Waals surface area contributed by atoms with Crippen molar-refractivity contribution < 1.29 is 0 Å². The first-order chi connectivity index (χ1) is 6.11. The van der Waals surface area contributed by atoms with Gasteiger partial charge in [0.2, 0.25) is 0 Å². The topological polar surface area (TPSA) is 38.9 Å². The molecule has 0 saturated heterocycles. The van der Waals surface area contributed by atoms with E-state index in [4.69, 9.17) is 5.73 Å². The summed E-state index contributed by atoms with van der Waals surface area (Å²) >= 11 is 1.74. The molecule has 1 atom stereocenters. The van der Waals surface area contributed by atoms with Gasteiger partial charge in [0.25, 0.3) is 0 Å². The summed E-state index contributed by atoms with van der Waals surface area (Å²) in [6.45, 7) is 6.40. The molecule has 0 aromatic carbocycles. The standard InChI is InChI=1S/C10H18N2S/c1-7(2)9(11)4-5-10-8(3)12-6-13-10/h6-7,9H,4-5,11H2,1-3H3. The molecule has 0 amide bonds. The highest BCUT2D eigenvalue weighted by molar-refractivity contribution is 7.09. The van der Waals surface area contributed by atoms with E-state index in [1.54, 1.807) is 11.3 Å². The van der Waals surface area contributed by atoms with E-state index >= 15 is 0 Å². The molecule has 0 fully saturated rings. The third-order valence-corrected chi connectivity index (χ3v) is 3.40. The molecule has 1 rings (SSSR count). The summed E-state index contributed by atoms with van der Waals surface area (Å²) < 4.78 is 0. The first-order valence-corrected chi connectivity index (χ1v) is 5.63. The summed E-state index contributed by atoms with van der Waals surface area (Å²) in [6.07, 6.45) is 2.15. The molecule has 0 radical (unpaired) electrons. The van der Waals surface area contributed by atoms with Crippen LogP contribution in [0, 0.1) is 12.8 Å². The van der Waals surface area contributed by atoms with Gasteiger partial charge >= 0.3 is 0 Å². The van der Waals surface area contributed by atoms with Crippen molar-refractivity contribution in [3.05, 3.63) is 16.1 Å². The fraction of sp³-hybridized carbons (Fsp3) is 0.700. The van der Waals surface area contributed by atoms with Crippen LogP contribution in [-0.2, 0) is 6.42 Å². The van der Waals surface area contributed by atoms with E-state index in [0.717, 1.165) is 12.8 Å². The van der Waals surface area contributed by atoms with Crippen LogP contribution in [0.25, 0.3) is 0 Å². The molecule has 13 heavy (non-hydrogen) atoms. The molecule has 0 aliphatic rings. The second-order valence-corrected chi connectivity index (χ2v) is 4.75. The van der Waals surface area contributed by atoms with Gasteiger partial charge in [-0.1, -0.05) is 13.8 Å². The summed E-state index contributed by atoms with van der Waals surface area (Å²) in [5.74, 6) is 0.577. The van der Waals surface area contributed by atoms with Crippen LogP contribution in [0.4, 0.5) is 0 Å². The van der Waals surface area contributed by atoms with Crippen LogP contribution in [-0.4, -0.2) is 11.0 Å². The SMILES string of the molecule is Cc1ncsc1CCC(N)C(C)C. The number of hydrogen-bond donors (Lipinski definition) is 1. The molecule has 1 heterocycles. The van der Waals surface area contributed by atoms with E-state index in [2.05, 4.69) is 25.8 Å². The lowest BCUT2D eigenvalue weighted by Gasteiger charge is -2.14. The molecule has 0 spiro atoms. The summed E-state index contributed by atoms with van der Waals surface area (Å²) in [7, 11) is 0. The van der Waals surface area contributed by atoms with Gasteiger partial charge in [0.1, 0.15) is 0 Å². The van der Waals surface area contributed by atoms with E-state index in [0.29, 0.717) is 12.0 Å². The molecule has 1 aromatic heterocycles. The number of thiazole rings is 1. The number of nitrogens with zero attached hydrogens (tertiary/aromatic N) is 1. The van der Waals surface area contributed by atoms with Gasteiger partial charge in [0.05, 0.1) is 11.2 Å². The van der Waals surface area contributed by atoms with E-state index in [9.17, 15) is 0 Å². The quantitative estimate of drug-likeness (QED) is 0.806. The predicted molar refractivity (Wildman–Crippen MR) is 58.0 cm³/mol. The molecule has 2 N–H and O–H groups in total. The molecule has 0 aliphatic carbocycles. The zero-order chi connectivity index (χ0) is 9.84. The Bertz CT molecular complexity index is 255. The second-order valence-electron chi connectivity index (χ2n) is 3.81. The molecule has 1 aromatic rings. The smallest absolute Gasteiger partial charge is 0.0797 e. The molecule has 0 aliphatic heterocycles. The Balaban J connectivity index is 2.39. The number of rotatable bonds is 4. The van der Waals surface area contributed by atoms with Crippen LogP contribution < -0.4 is 5.73 Å². The molecule has 0 bridgehead atoms. The highest BCUT2D eigenvalue weighted by atomic mass is 32.1. The lowest BCUT2D eigenvalue weighted by atomic mass is 10.00. The molecule has 0 saturated carbocycles. The Labute approximate surface area is 84.2 Å². The van der Waals surface area contributed by atoms with Gasteiger partial charge in [-0.2, -0.15) is 0 Å². The lowest BCUT2D eigenvalue weighted by molar-refractivity contribution is 0.465. The maximum absolute atomic E-state index is 5.97. The van der Waals surface area contributed by atoms with Gasteiger partial charge in [-0.05, 0) is 25.7 Å². The maximum Gasteiger partial charge on any atom is 0.0797 e. The van der Waals surface area contributed by atoms with Crippen molar-refractivity contribution in [3.63, 3.8) is 0 Å². The Hall–Kier alpha value is -0.410. The van der Waals surface area contributed by atoms with Crippen molar-refractivity contribution >= 4 is 11.3 Å². The number of nitrogens with two attached hydrogens (primary N) is 1. The van der Waals surface area contributed by atoms with Crippen molar-refractivity contribution in [2.75, 3.05) is 0 Å². The van der Waals surface area contributed by atoms with Crippen LogP contribution in [0.5, 0.6) is 0 Å². The molecule has 2 nitrogen and oxygen atoms in total. The van der Waals surface area contributed by atoms with Gasteiger partial charge < -0.3 is 5.73 Å². The number of aryl methyl sites for hydroxylation is 2. The zero-order valence-electron chi connectivity index (χ0n) is 8.58. The third kappa shape index (κ3) is 3.08. The Morgan fingerprint density at radius 1 is 1.54 bits per heavy atom. The van der Waals surface area contributed by atoms with E-state index in [1.165, 1.54) is 10.6 Å². The van der Waals surface area contributed by atoms with E-state index < -0.39 is 0 Å². The summed E-state index contributed by atoms with van der Waals surface area (Å²) in [4.78, 5) is 5.60. The van der Waals surface area contributed by atoms with Gasteiger partial charge in [-0.15, -0.1) is 11.3 Å². The number of hydrogen-bond acceptors (Lipinski definition) is 3. The van der Waals surface area contributed by atoms with Crippen LogP contribution in [0.15, 0.2) is 5.51 Å². The number of aromatic nitrogens is 1. The minimum Gasteiger partial charge on any atom is -0.327 e. The average Bonchev–Trinajstić information content (AvgIpc) is 2.47. The molecular weight excluding hydrogens is 180 g/mol. The van der Waals surface area contributed by atoms with Gasteiger partial charge in [-0.3, -0.25) is 0 Å². The normalized spacial score (nSPS) is 13.6. The Morgan fingerprint density at radius 3 is 2.69 bits per heavy atom. The molecule has 74 valence electrons. The maximum atomic E-state index is 5.97. The largest absolute Gasteiger partial charge is 0.327 e. The van der Waals surface area contributed by atoms with Crippen LogP contribution >= 0.6 is 11.3 Å². The van der Waals surface area contributed by atoms with Crippen molar-refractivity contribution in [3.8, 4) is 0 Å². The Morgan fingerprint density at radius 2 is 2.23 bits per heavy atom. The highest BCUT2D eigenvalue weighted by Gasteiger charge is 2.09. The molecule has 1 unspecified atom stereocenters. The molecular formula is C10H18N2S. The van der Waals surface area contributed by atoms with Crippen LogP contribution in [0.1, 0.15) is 30.8 Å². The minimum absolute atomic E-state index is 0.321. The predicted octanol–water partition coefficient (Wildman–Crippen LogP) is 2.37. The fourth-order valence-corrected chi connectivity index (χ4v) is 1.99. The summed E-state index contributed by atoms with van der Waals surface area (Å²) in [5, 5.41) is 0. The van der Waals surface area contributed by atoms with E-state index in [-0.39, 0.29) is 0 Å². The van der Waals surface area contributed by atoms with Gasteiger partial charge in [0, 0.05) is 10.9 Å². The first-order valence-electron chi connectivity index (χ1n) is 4.75.